The Labute approximate surface area is 90.5 Å². The molecule has 1 aromatic carbocycles. The minimum atomic E-state index is 0.140. The van der Waals surface area contributed by atoms with Gasteiger partial charge in [0.25, 0.3) is 0 Å². The lowest BCUT2D eigenvalue weighted by molar-refractivity contribution is 0.282. The molecule has 0 unspecified atom stereocenters. The molecule has 0 saturated carbocycles. The van der Waals surface area contributed by atoms with Gasteiger partial charge in [0, 0.05) is 4.90 Å². The van der Waals surface area contributed by atoms with Gasteiger partial charge in [-0.1, -0.05) is 31.9 Å². The number of unbranched alkanes of at least 4 members (excludes halogenated alkanes) is 2. The fourth-order valence-electron chi connectivity index (χ4n) is 1.23. The van der Waals surface area contributed by atoms with Crippen molar-refractivity contribution in [1.29, 1.82) is 0 Å². The number of rotatable bonds is 6. The lowest BCUT2D eigenvalue weighted by Gasteiger charge is -2.01. The summed E-state index contributed by atoms with van der Waals surface area (Å²) in [6.45, 7) is 2.36. The number of thioether (sulfide) groups is 1. The molecule has 0 aliphatic rings. The summed E-state index contributed by atoms with van der Waals surface area (Å²) in [5.41, 5.74) is 0.989. The topological polar surface area (TPSA) is 20.2 Å². The van der Waals surface area contributed by atoms with Crippen molar-refractivity contribution < 1.29 is 5.11 Å². The molecule has 0 saturated heterocycles. The van der Waals surface area contributed by atoms with Crippen molar-refractivity contribution in [3.63, 3.8) is 0 Å². The maximum Gasteiger partial charge on any atom is 0.0681 e. The molecule has 1 nitrogen and oxygen atoms in total. The Kier molecular flexibility index (Phi) is 5.72. The van der Waals surface area contributed by atoms with Gasteiger partial charge in [-0.3, -0.25) is 0 Å². The first-order valence-electron chi connectivity index (χ1n) is 5.19. The van der Waals surface area contributed by atoms with Crippen molar-refractivity contribution in [2.75, 3.05) is 5.75 Å². The van der Waals surface area contributed by atoms with Gasteiger partial charge in [0.05, 0.1) is 6.61 Å². The van der Waals surface area contributed by atoms with Crippen LogP contribution in [0.15, 0.2) is 29.2 Å². The molecule has 1 N–H and O–H groups in total. The molecule has 0 heterocycles. The maximum absolute atomic E-state index is 8.87. The zero-order valence-electron chi connectivity index (χ0n) is 8.70. The van der Waals surface area contributed by atoms with Gasteiger partial charge in [-0.05, 0) is 29.9 Å². The first-order valence-corrected chi connectivity index (χ1v) is 6.18. The van der Waals surface area contributed by atoms with E-state index in [0.717, 1.165) is 5.56 Å². The maximum atomic E-state index is 8.87. The van der Waals surface area contributed by atoms with E-state index in [1.54, 1.807) is 0 Å². The Morgan fingerprint density at radius 2 is 1.86 bits per heavy atom. The Hall–Kier alpha value is -0.470. The Balaban J connectivity index is 2.29. The molecular formula is C12H18OS. The second kappa shape index (κ2) is 6.91. The molecule has 0 aliphatic carbocycles. The van der Waals surface area contributed by atoms with E-state index in [1.165, 1.54) is 29.9 Å². The Morgan fingerprint density at radius 3 is 2.43 bits per heavy atom. The molecule has 1 aromatic rings. The monoisotopic (exact) mass is 210 g/mol. The number of hydrogen-bond donors (Lipinski definition) is 1. The van der Waals surface area contributed by atoms with Crippen LogP contribution in [0.5, 0.6) is 0 Å². The summed E-state index contributed by atoms with van der Waals surface area (Å²) in [7, 11) is 0. The van der Waals surface area contributed by atoms with Gasteiger partial charge in [-0.15, -0.1) is 11.8 Å². The summed E-state index contributed by atoms with van der Waals surface area (Å²) in [4.78, 5) is 1.30. The van der Waals surface area contributed by atoms with Crippen LogP contribution in [0.2, 0.25) is 0 Å². The average molecular weight is 210 g/mol. The highest BCUT2D eigenvalue weighted by molar-refractivity contribution is 7.99. The van der Waals surface area contributed by atoms with Crippen LogP contribution in [-0.2, 0) is 6.61 Å². The van der Waals surface area contributed by atoms with E-state index in [1.807, 2.05) is 23.9 Å². The third-order valence-electron chi connectivity index (χ3n) is 2.12. The van der Waals surface area contributed by atoms with Gasteiger partial charge in [0.15, 0.2) is 0 Å². The van der Waals surface area contributed by atoms with E-state index in [9.17, 15) is 0 Å². The molecule has 0 aliphatic heterocycles. The molecule has 14 heavy (non-hydrogen) atoms. The van der Waals surface area contributed by atoms with Crippen molar-refractivity contribution in [3.8, 4) is 0 Å². The van der Waals surface area contributed by atoms with Crippen LogP contribution < -0.4 is 0 Å². The zero-order chi connectivity index (χ0) is 10.2. The summed E-state index contributed by atoms with van der Waals surface area (Å²) >= 11 is 1.90. The molecule has 1 rings (SSSR count). The summed E-state index contributed by atoms with van der Waals surface area (Å²) in [6, 6.07) is 8.15. The van der Waals surface area contributed by atoms with E-state index in [-0.39, 0.29) is 6.61 Å². The van der Waals surface area contributed by atoms with Crippen molar-refractivity contribution in [1.82, 2.24) is 0 Å². The third kappa shape index (κ3) is 4.16. The minimum Gasteiger partial charge on any atom is -0.392 e. The minimum absolute atomic E-state index is 0.140. The van der Waals surface area contributed by atoms with Gasteiger partial charge >= 0.3 is 0 Å². The first-order chi connectivity index (χ1) is 6.86. The van der Waals surface area contributed by atoms with Crippen LogP contribution >= 0.6 is 11.8 Å². The van der Waals surface area contributed by atoms with E-state index in [4.69, 9.17) is 5.11 Å². The smallest absolute Gasteiger partial charge is 0.0681 e. The predicted molar refractivity (Wildman–Crippen MR) is 62.6 cm³/mol. The van der Waals surface area contributed by atoms with Crippen LogP contribution in [0.1, 0.15) is 31.7 Å². The molecule has 78 valence electrons. The highest BCUT2D eigenvalue weighted by Crippen LogP contribution is 2.19. The van der Waals surface area contributed by atoms with E-state index in [2.05, 4.69) is 19.1 Å². The zero-order valence-corrected chi connectivity index (χ0v) is 9.52. The summed E-state index contributed by atoms with van der Waals surface area (Å²) < 4.78 is 0. The van der Waals surface area contributed by atoms with Crippen molar-refractivity contribution >= 4 is 11.8 Å². The van der Waals surface area contributed by atoms with E-state index < -0.39 is 0 Å². The lowest BCUT2D eigenvalue weighted by Crippen LogP contribution is -1.83. The highest BCUT2D eigenvalue weighted by atomic mass is 32.2. The third-order valence-corrected chi connectivity index (χ3v) is 3.22. The summed E-state index contributed by atoms with van der Waals surface area (Å²) in [5, 5.41) is 8.87. The molecule has 0 atom stereocenters. The fraction of sp³-hybridized carbons (Fsp3) is 0.500. The lowest BCUT2D eigenvalue weighted by atomic mass is 10.2. The predicted octanol–water partition coefficient (Wildman–Crippen LogP) is 3.46. The van der Waals surface area contributed by atoms with Crippen molar-refractivity contribution in [2.45, 2.75) is 37.7 Å². The molecule has 0 bridgehead atoms. The number of benzene rings is 1. The van der Waals surface area contributed by atoms with Crippen molar-refractivity contribution in [2.24, 2.45) is 0 Å². The van der Waals surface area contributed by atoms with E-state index in [0.29, 0.717) is 0 Å². The van der Waals surface area contributed by atoms with Gasteiger partial charge < -0.3 is 5.11 Å². The Morgan fingerprint density at radius 1 is 1.14 bits per heavy atom. The molecule has 0 fully saturated rings. The first kappa shape index (κ1) is 11.6. The quantitative estimate of drug-likeness (QED) is 0.573. The van der Waals surface area contributed by atoms with Crippen LogP contribution in [0.25, 0.3) is 0 Å². The summed E-state index contributed by atoms with van der Waals surface area (Å²) in [6.07, 6.45) is 3.90. The second-order valence-corrected chi connectivity index (χ2v) is 4.53. The fourth-order valence-corrected chi connectivity index (χ4v) is 2.15. The largest absolute Gasteiger partial charge is 0.392 e. The molecule has 0 spiro atoms. The molecule has 0 amide bonds. The number of hydrogen-bond acceptors (Lipinski definition) is 2. The molecule has 0 aromatic heterocycles. The normalized spacial score (nSPS) is 10.4. The summed E-state index contributed by atoms with van der Waals surface area (Å²) in [5.74, 6) is 1.20. The number of aliphatic hydroxyl groups excluding tert-OH is 1. The highest BCUT2D eigenvalue weighted by Gasteiger charge is 1.94. The number of aliphatic hydroxyl groups is 1. The average Bonchev–Trinajstić information content (AvgIpc) is 2.25. The van der Waals surface area contributed by atoms with Crippen LogP contribution in [-0.4, -0.2) is 10.9 Å². The van der Waals surface area contributed by atoms with Crippen LogP contribution in [0, 0.1) is 0 Å². The van der Waals surface area contributed by atoms with Crippen LogP contribution in [0.4, 0.5) is 0 Å². The van der Waals surface area contributed by atoms with E-state index >= 15 is 0 Å². The molecule has 2 heteroatoms. The van der Waals surface area contributed by atoms with Crippen LogP contribution in [0.3, 0.4) is 0 Å². The Bertz CT molecular complexity index is 243. The van der Waals surface area contributed by atoms with Gasteiger partial charge in [0.1, 0.15) is 0 Å². The second-order valence-electron chi connectivity index (χ2n) is 3.36. The molecule has 0 radical (unpaired) electrons. The van der Waals surface area contributed by atoms with Gasteiger partial charge in [-0.2, -0.15) is 0 Å². The SMILES string of the molecule is CCCCCSc1ccc(CO)cc1. The van der Waals surface area contributed by atoms with Gasteiger partial charge in [0.2, 0.25) is 0 Å². The molecular weight excluding hydrogens is 192 g/mol. The van der Waals surface area contributed by atoms with Crippen molar-refractivity contribution in [3.05, 3.63) is 29.8 Å². The van der Waals surface area contributed by atoms with Gasteiger partial charge in [-0.25, -0.2) is 0 Å². The standard InChI is InChI=1S/C12H18OS/c1-2-3-4-9-14-12-7-5-11(10-13)6-8-12/h5-8,13H,2-4,9-10H2,1H3.